The van der Waals surface area contributed by atoms with Crippen LogP contribution >= 0.6 is 23.1 Å². The third-order valence-electron chi connectivity index (χ3n) is 7.52. The van der Waals surface area contributed by atoms with Crippen molar-refractivity contribution >= 4 is 63.1 Å². The highest BCUT2D eigenvalue weighted by Crippen LogP contribution is 2.51. The summed E-state index contributed by atoms with van der Waals surface area (Å²) in [6.45, 7) is 2.81. The molecule has 0 unspecified atom stereocenters. The van der Waals surface area contributed by atoms with Crippen molar-refractivity contribution in [3.63, 3.8) is 0 Å². The zero-order valence-corrected chi connectivity index (χ0v) is 24.7. The Labute approximate surface area is 251 Å². The number of β-lactam (4-membered cyclic amide) rings is 1. The third kappa shape index (κ3) is 5.13. The Hall–Kier alpha value is -4.32. The van der Waals surface area contributed by atoms with Gasteiger partial charge in [0.15, 0.2) is 6.54 Å². The molecule has 0 bridgehead atoms. The predicted molar refractivity (Wildman–Crippen MR) is 151 cm³/mol. The summed E-state index contributed by atoms with van der Waals surface area (Å²) in [4.78, 5) is 63.0. The molecule has 0 saturated carbocycles. The number of amides is 3. The van der Waals surface area contributed by atoms with Crippen LogP contribution in [-0.2, 0) is 32.3 Å². The maximum atomic E-state index is 12.8. The first-order chi connectivity index (χ1) is 20.3. The van der Waals surface area contributed by atoms with Crippen LogP contribution in [0.4, 0.5) is 10.5 Å². The number of hydrogen-bond acceptors (Lipinski definition) is 11. The van der Waals surface area contributed by atoms with E-state index in [1.54, 1.807) is 27.7 Å². The fourth-order valence-electron chi connectivity index (χ4n) is 5.52. The number of thiazole rings is 1. The molecule has 2 aliphatic heterocycles. The van der Waals surface area contributed by atoms with Gasteiger partial charge in [0.25, 0.3) is 17.9 Å². The number of imidazole rings is 1. The summed E-state index contributed by atoms with van der Waals surface area (Å²) in [5, 5.41) is 31.9. The highest BCUT2D eigenvalue weighted by Gasteiger charge is 2.60. The Kier molecular flexibility index (Phi) is 7.99. The van der Waals surface area contributed by atoms with Crippen LogP contribution in [0.5, 0.6) is 0 Å². The summed E-state index contributed by atoms with van der Waals surface area (Å²) in [7, 11) is 0. The first-order valence-corrected chi connectivity index (χ1v) is 14.9. The SMILES string of the molecule is CSc1c2sc(C3=C(C(=O)O)N4C(=O)[C@H]([C@@H](C)O)[C@H]4[C@H]3C)cn2c[n+]1CC(=O)N(N)C(=O)OCc1ccc([N+](=O)[O-])cc1. The lowest BCUT2D eigenvalue weighted by atomic mass is 9.77. The minimum Gasteiger partial charge on any atom is -0.477 e. The highest BCUT2D eigenvalue weighted by atomic mass is 32.2. The standard InChI is InChI=1S/C26H26N6O9S2/c1-12-18(21(25(36)37)30-20(12)19(13(2)33)22(30)35)16-8-28-11-29(23(42-3)24(28)43-16)9-17(34)31(27)26(38)41-10-14-4-6-15(7-5-14)32(39)40/h4-8,11-13,19-20,33H,9-10,27H2,1-3H3/p+1/t12-,13+,19+,20+/m0/s1. The minimum atomic E-state index is -1.23. The van der Waals surface area contributed by atoms with Gasteiger partial charge in [-0.3, -0.25) is 19.7 Å². The molecule has 226 valence electrons. The average Bonchev–Trinajstić information content (AvgIpc) is 3.57. The molecule has 4 atom stereocenters. The number of carboxylic acid groups (broad SMARTS) is 1. The molecule has 0 spiro atoms. The number of carbonyl (C=O) groups excluding carboxylic acids is 3. The van der Waals surface area contributed by atoms with E-state index in [1.165, 1.54) is 59.2 Å². The molecule has 3 aromatic rings. The van der Waals surface area contributed by atoms with Crippen LogP contribution < -0.4 is 10.4 Å². The van der Waals surface area contributed by atoms with Crippen molar-refractivity contribution in [3.05, 3.63) is 63.0 Å². The number of nitro benzene ring substituents is 1. The smallest absolute Gasteiger partial charge is 0.431 e. The van der Waals surface area contributed by atoms with Crippen LogP contribution in [-0.4, -0.2) is 71.7 Å². The fraction of sp³-hybridized carbons (Fsp3) is 0.346. The molecule has 4 N–H and O–H groups in total. The molecule has 43 heavy (non-hydrogen) atoms. The number of imide groups is 1. The van der Waals surface area contributed by atoms with Crippen LogP contribution in [0.15, 0.2) is 47.5 Å². The van der Waals surface area contributed by atoms with E-state index in [1.807, 2.05) is 6.92 Å². The third-order valence-corrected chi connectivity index (χ3v) is 9.61. The predicted octanol–water partition coefficient (Wildman–Crippen LogP) is 1.61. The van der Waals surface area contributed by atoms with Crippen LogP contribution in [0.1, 0.15) is 24.3 Å². The molecule has 1 fully saturated rings. The summed E-state index contributed by atoms with van der Waals surface area (Å²) in [5.41, 5.74) is 0.759. The van der Waals surface area contributed by atoms with Crippen LogP contribution in [0.25, 0.3) is 10.4 Å². The Bertz CT molecular complexity index is 1700. The summed E-state index contributed by atoms with van der Waals surface area (Å²) in [6, 6.07) is 4.92. The maximum absolute atomic E-state index is 12.8. The molecule has 2 aliphatic rings. The van der Waals surface area contributed by atoms with Gasteiger partial charge in [-0.25, -0.2) is 20.0 Å². The molecule has 2 aromatic heterocycles. The van der Waals surface area contributed by atoms with Crippen molar-refractivity contribution in [3.8, 4) is 0 Å². The molecule has 17 heteroatoms. The molecule has 5 rings (SSSR count). The second-order valence-electron chi connectivity index (χ2n) is 10.1. The molecule has 1 aromatic carbocycles. The number of non-ortho nitro benzene ring substituents is 1. The van der Waals surface area contributed by atoms with Crippen molar-refractivity contribution in [2.45, 2.75) is 44.2 Å². The van der Waals surface area contributed by atoms with Crippen molar-refractivity contribution < 1.29 is 43.6 Å². The van der Waals surface area contributed by atoms with Crippen molar-refractivity contribution in [1.82, 2.24) is 14.3 Å². The van der Waals surface area contributed by atoms with Gasteiger partial charge in [0, 0.05) is 23.6 Å². The molecule has 4 heterocycles. The van der Waals surface area contributed by atoms with E-state index >= 15 is 0 Å². The highest BCUT2D eigenvalue weighted by molar-refractivity contribution is 7.98. The Morgan fingerprint density at radius 3 is 2.56 bits per heavy atom. The zero-order chi connectivity index (χ0) is 31.3. The van der Waals surface area contributed by atoms with Crippen molar-refractivity contribution in [2.75, 3.05) is 6.26 Å². The maximum Gasteiger partial charge on any atom is 0.431 e. The van der Waals surface area contributed by atoms with Gasteiger partial charge in [0.2, 0.25) is 15.8 Å². The first-order valence-electron chi connectivity index (χ1n) is 12.9. The zero-order valence-electron chi connectivity index (χ0n) is 23.1. The van der Waals surface area contributed by atoms with E-state index in [2.05, 4.69) is 0 Å². The van der Waals surface area contributed by atoms with Gasteiger partial charge < -0.3 is 19.8 Å². The quantitative estimate of drug-likeness (QED) is 0.0589. The van der Waals surface area contributed by atoms with Gasteiger partial charge in [0.1, 0.15) is 18.5 Å². The Balaban J connectivity index is 1.32. The topological polar surface area (TPSA) is 202 Å². The number of nitro groups is 1. The van der Waals surface area contributed by atoms with Gasteiger partial charge in [-0.15, -0.1) is 0 Å². The molecule has 0 aliphatic carbocycles. The monoisotopic (exact) mass is 631 g/mol. The summed E-state index contributed by atoms with van der Waals surface area (Å²) >= 11 is 2.63. The van der Waals surface area contributed by atoms with Crippen LogP contribution in [0.2, 0.25) is 0 Å². The Morgan fingerprint density at radius 1 is 1.30 bits per heavy atom. The summed E-state index contributed by atoms with van der Waals surface area (Å²) < 4.78 is 8.40. The van der Waals surface area contributed by atoms with Gasteiger partial charge in [-0.05, 0) is 30.9 Å². The number of aromatic nitrogens is 2. The fourth-order valence-corrected chi connectivity index (χ4v) is 7.70. The Morgan fingerprint density at radius 2 is 1.98 bits per heavy atom. The normalized spacial score (nSPS) is 20.2. The van der Waals surface area contributed by atoms with Crippen LogP contribution in [0.3, 0.4) is 0 Å². The number of ether oxygens (including phenoxy) is 1. The second-order valence-corrected chi connectivity index (χ2v) is 11.9. The van der Waals surface area contributed by atoms with Crippen molar-refractivity contribution in [1.29, 1.82) is 0 Å². The van der Waals surface area contributed by atoms with Gasteiger partial charge in [-0.1, -0.05) is 30.0 Å². The van der Waals surface area contributed by atoms with Gasteiger partial charge in [0.05, 0.1) is 27.9 Å². The largest absolute Gasteiger partial charge is 0.477 e. The number of carbonyl (C=O) groups is 4. The van der Waals surface area contributed by atoms with E-state index in [-0.39, 0.29) is 30.5 Å². The number of aliphatic hydroxyl groups is 1. The van der Waals surface area contributed by atoms with E-state index < -0.39 is 46.9 Å². The lowest BCUT2D eigenvalue weighted by Crippen LogP contribution is -2.63. The van der Waals surface area contributed by atoms with Crippen LogP contribution in [0, 0.1) is 22.0 Å². The lowest BCUT2D eigenvalue weighted by Gasteiger charge is -2.46. The summed E-state index contributed by atoms with van der Waals surface area (Å²) in [6.07, 6.45) is 3.13. The second kappa shape index (κ2) is 11.4. The minimum absolute atomic E-state index is 0.0938. The molecule has 15 nitrogen and oxygen atoms in total. The molecule has 0 radical (unpaired) electrons. The van der Waals surface area contributed by atoms with Gasteiger partial charge >= 0.3 is 12.1 Å². The number of aliphatic hydroxyl groups excluding tert-OH is 1. The number of carboxylic acids is 1. The number of nitrogens with zero attached hydrogens (tertiary/aromatic N) is 5. The molecule has 3 amide bonds. The van der Waals surface area contributed by atoms with E-state index in [0.29, 0.717) is 30.9 Å². The van der Waals surface area contributed by atoms with E-state index in [0.717, 1.165) is 0 Å². The number of nitrogens with two attached hydrogens (primary N) is 1. The number of fused-ring (bicyclic) bond motifs is 2. The number of hydrogen-bond donors (Lipinski definition) is 3. The number of thioether (sulfide) groups is 1. The summed E-state index contributed by atoms with van der Waals surface area (Å²) in [5.74, 6) is 2.31. The average molecular weight is 632 g/mol. The number of aliphatic carboxylic acids is 1. The van der Waals surface area contributed by atoms with Gasteiger partial charge in [-0.2, -0.15) is 9.41 Å². The molecular formula is C26H27N6O9S2+. The molecular weight excluding hydrogens is 604 g/mol. The number of benzene rings is 1. The number of hydrazine groups is 1. The van der Waals surface area contributed by atoms with E-state index in [9.17, 15) is 39.5 Å². The van der Waals surface area contributed by atoms with E-state index in [4.69, 9.17) is 10.6 Å². The molecule has 1 saturated heterocycles. The van der Waals surface area contributed by atoms with Crippen molar-refractivity contribution in [2.24, 2.45) is 17.7 Å². The first kappa shape index (κ1) is 30.1. The lowest BCUT2D eigenvalue weighted by molar-refractivity contribution is -0.718. The number of rotatable bonds is 9.